The number of benzene rings is 2. The van der Waals surface area contributed by atoms with Crippen molar-refractivity contribution in [2.75, 3.05) is 0 Å². The maximum atomic E-state index is 12.0. The molecule has 2 aromatic carbocycles. The van der Waals surface area contributed by atoms with E-state index in [0.717, 1.165) is 16.5 Å². The van der Waals surface area contributed by atoms with E-state index in [9.17, 15) is 9.90 Å². The Morgan fingerprint density at radius 1 is 1.17 bits per heavy atom. The summed E-state index contributed by atoms with van der Waals surface area (Å²) in [6.07, 6.45) is 3.64. The van der Waals surface area contributed by atoms with Crippen molar-refractivity contribution in [1.82, 2.24) is 9.99 Å². The fourth-order valence-electron chi connectivity index (χ4n) is 2.65. The molecule has 0 unspecified atom stereocenters. The van der Waals surface area contributed by atoms with Gasteiger partial charge in [-0.1, -0.05) is 30.3 Å². The van der Waals surface area contributed by atoms with E-state index in [2.05, 4.69) is 35.0 Å². The third-order valence-electron chi connectivity index (χ3n) is 3.85. The lowest BCUT2D eigenvalue weighted by Gasteiger charge is -2.08. The number of rotatable bonds is 4. The number of phenols is 1. The van der Waals surface area contributed by atoms with Crippen LogP contribution in [-0.4, -0.2) is 21.8 Å². The molecule has 0 saturated carbocycles. The van der Waals surface area contributed by atoms with Gasteiger partial charge in [0.2, 0.25) is 0 Å². The molecule has 24 heavy (non-hydrogen) atoms. The van der Waals surface area contributed by atoms with Crippen molar-refractivity contribution >= 4 is 23.0 Å². The summed E-state index contributed by atoms with van der Waals surface area (Å²) in [5.41, 5.74) is 4.70. The molecule has 2 N–H and O–H groups in total. The lowest BCUT2D eigenvalue weighted by Crippen LogP contribution is -2.17. The molecule has 0 radical (unpaired) electrons. The summed E-state index contributed by atoms with van der Waals surface area (Å²) in [6, 6.07) is 14.8. The van der Waals surface area contributed by atoms with Crippen LogP contribution in [0.1, 0.15) is 35.8 Å². The Hall–Kier alpha value is -3.08. The van der Waals surface area contributed by atoms with E-state index >= 15 is 0 Å². The molecular formula is C19H19N3O2. The number of carbonyl (C=O) groups excluding carboxylic acids is 1. The van der Waals surface area contributed by atoms with Gasteiger partial charge in [-0.05, 0) is 32.0 Å². The normalized spacial score (nSPS) is 11.5. The van der Waals surface area contributed by atoms with Crippen molar-refractivity contribution in [3.8, 4) is 5.75 Å². The van der Waals surface area contributed by atoms with Gasteiger partial charge >= 0.3 is 0 Å². The van der Waals surface area contributed by atoms with Gasteiger partial charge in [0.05, 0.1) is 11.8 Å². The first-order valence-corrected chi connectivity index (χ1v) is 7.79. The van der Waals surface area contributed by atoms with Crippen LogP contribution in [0, 0.1) is 0 Å². The van der Waals surface area contributed by atoms with Crippen LogP contribution < -0.4 is 5.43 Å². The van der Waals surface area contributed by atoms with Crippen LogP contribution in [0.5, 0.6) is 5.75 Å². The second kappa shape index (κ2) is 6.58. The minimum atomic E-state index is -0.447. The number of hydrazone groups is 1. The number of aromatic nitrogens is 1. The number of nitrogens with zero attached hydrogens (tertiary/aromatic N) is 2. The van der Waals surface area contributed by atoms with E-state index in [1.54, 1.807) is 24.4 Å². The number of carbonyl (C=O) groups is 1. The summed E-state index contributed by atoms with van der Waals surface area (Å²) in [6.45, 7) is 4.24. The summed E-state index contributed by atoms with van der Waals surface area (Å²) in [7, 11) is 0. The first-order valence-electron chi connectivity index (χ1n) is 7.79. The monoisotopic (exact) mass is 321 g/mol. The van der Waals surface area contributed by atoms with Crippen molar-refractivity contribution in [2.45, 2.75) is 19.9 Å². The molecule has 1 amide bonds. The Morgan fingerprint density at radius 3 is 2.62 bits per heavy atom. The van der Waals surface area contributed by atoms with Crippen molar-refractivity contribution < 1.29 is 9.90 Å². The number of nitrogens with one attached hydrogen (secondary N) is 1. The van der Waals surface area contributed by atoms with Gasteiger partial charge in [0.15, 0.2) is 0 Å². The van der Waals surface area contributed by atoms with Crippen LogP contribution in [0.15, 0.2) is 59.8 Å². The molecule has 1 aromatic heterocycles. The lowest BCUT2D eigenvalue weighted by atomic mass is 10.2. The Bertz CT molecular complexity index is 910. The van der Waals surface area contributed by atoms with Crippen molar-refractivity contribution in [2.24, 2.45) is 5.10 Å². The highest BCUT2D eigenvalue weighted by molar-refractivity contribution is 6.01. The highest BCUT2D eigenvalue weighted by Gasteiger charge is 2.10. The van der Waals surface area contributed by atoms with Crippen LogP contribution in [0.3, 0.4) is 0 Å². The highest BCUT2D eigenvalue weighted by Crippen LogP contribution is 2.23. The molecule has 0 aliphatic rings. The van der Waals surface area contributed by atoms with Gasteiger partial charge in [-0.3, -0.25) is 4.79 Å². The number of hydrogen-bond acceptors (Lipinski definition) is 3. The Kier molecular flexibility index (Phi) is 4.33. The molecule has 3 aromatic rings. The Labute approximate surface area is 140 Å². The third-order valence-corrected chi connectivity index (χ3v) is 3.85. The third kappa shape index (κ3) is 3.01. The van der Waals surface area contributed by atoms with E-state index in [4.69, 9.17) is 0 Å². The summed E-state index contributed by atoms with van der Waals surface area (Å²) in [4.78, 5) is 12.0. The second-order valence-corrected chi connectivity index (χ2v) is 5.82. The van der Waals surface area contributed by atoms with Crippen LogP contribution >= 0.6 is 0 Å². The minimum Gasteiger partial charge on any atom is -0.507 e. The van der Waals surface area contributed by atoms with Crippen molar-refractivity contribution in [3.05, 3.63) is 65.9 Å². The van der Waals surface area contributed by atoms with E-state index in [0.29, 0.717) is 6.04 Å². The van der Waals surface area contributed by atoms with Gasteiger partial charge in [0.1, 0.15) is 5.75 Å². The summed E-state index contributed by atoms with van der Waals surface area (Å²) < 4.78 is 2.17. The van der Waals surface area contributed by atoms with E-state index in [1.807, 2.05) is 24.4 Å². The molecule has 0 aliphatic heterocycles. The minimum absolute atomic E-state index is 0.0680. The first-order chi connectivity index (χ1) is 11.6. The molecule has 5 nitrogen and oxygen atoms in total. The SMILES string of the molecule is CC(C)n1cc(/C=N/NC(=O)c2ccccc2O)c2ccccc21. The van der Waals surface area contributed by atoms with Gasteiger partial charge in [-0.2, -0.15) is 5.10 Å². The van der Waals surface area contributed by atoms with E-state index in [1.165, 1.54) is 6.07 Å². The molecule has 0 spiro atoms. The summed E-state index contributed by atoms with van der Waals surface area (Å²) in [5.74, 6) is -0.515. The maximum Gasteiger partial charge on any atom is 0.275 e. The molecule has 0 bridgehead atoms. The van der Waals surface area contributed by atoms with Crippen molar-refractivity contribution in [1.29, 1.82) is 0 Å². The van der Waals surface area contributed by atoms with Crippen molar-refractivity contribution in [3.63, 3.8) is 0 Å². The van der Waals surface area contributed by atoms with E-state index in [-0.39, 0.29) is 11.3 Å². The zero-order valence-electron chi connectivity index (χ0n) is 13.6. The number of amides is 1. The summed E-state index contributed by atoms with van der Waals surface area (Å²) in [5, 5.41) is 14.8. The lowest BCUT2D eigenvalue weighted by molar-refractivity contribution is 0.0952. The number of fused-ring (bicyclic) bond motifs is 1. The van der Waals surface area contributed by atoms with Gasteiger partial charge < -0.3 is 9.67 Å². The molecule has 0 saturated heterocycles. The number of phenolic OH excluding ortho intramolecular Hbond substituents is 1. The zero-order chi connectivity index (χ0) is 17.1. The molecule has 5 heteroatoms. The van der Waals surface area contributed by atoms with Gasteiger partial charge in [-0.15, -0.1) is 0 Å². The largest absolute Gasteiger partial charge is 0.507 e. The molecular weight excluding hydrogens is 302 g/mol. The molecule has 122 valence electrons. The predicted molar refractivity (Wildman–Crippen MR) is 95.5 cm³/mol. The van der Waals surface area contributed by atoms with Crippen LogP contribution in [0.2, 0.25) is 0 Å². The average molecular weight is 321 g/mol. The predicted octanol–water partition coefficient (Wildman–Crippen LogP) is 3.69. The van der Waals surface area contributed by atoms with Gasteiger partial charge in [0, 0.05) is 28.7 Å². The highest BCUT2D eigenvalue weighted by atomic mass is 16.3. The number of hydrogen-bond donors (Lipinski definition) is 2. The molecule has 0 atom stereocenters. The maximum absolute atomic E-state index is 12.0. The first kappa shape index (κ1) is 15.8. The molecule has 1 heterocycles. The Morgan fingerprint density at radius 2 is 1.88 bits per heavy atom. The zero-order valence-corrected chi connectivity index (χ0v) is 13.6. The number of aromatic hydroxyl groups is 1. The van der Waals surface area contributed by atoms with E-state index < -0.39 is 5.91 Å². The topological polar surface area (TPSA) is 66.6 Å². The van der Waals surface area contributed by atoms with Crippen LogP contribution in [0.4, 0.5) is 0 Å². The molecule has 3 rings (SSSR count). The molecule has 0 aliphatic carbocycles. The smallest absolute Gasteiger partial charge is 0.275 e. The summed E-state index contributed by atoms with van der Waals surface area (Å²) >= 11 is 0. The standard InChI is InChI=1S/C19H19N3O2/c1-13(2)22-12-14(15-7-3-5-9-17(15)22)11-20-21-19(24)16-8-4-6-10-18(16)23/h3-13,23H,1-2H3,(H,21,24)/b20-11+. The second-order valence-electron chi connectivity index (χ2n) is 5.82. The average Bonchev–Trinajstić information content (AvgIpc) is 2.94. The van der Waals surface area contributed by atoms with Gasteiger partial charge in [0.25, 0.3) is 5.91 Å². The van der Waals surface area contributed by atoms with Crippen LogP contribution in [0.25, 0.3) is 10.9 Å². The number of para-hydroxylation sites is 2. The fraction of sp³-hybridized carbons (Fsp3) is 0.158. The van der Waals surface area contributed by atoms with Crippen LogP contribution in [-0.2, 0) is 0 Å². The Balaban J connectivity index is 1.84. The fourth-order valence-corrected chi connectivity index (χ4v) is 2.65. The quantitative estimate of drug-likeness (QED) is 0.568. The molecule has 0 fully saturated rings. The van der Waals surface area contributed by atoms with Gasteiger partial charge in [-0.25, -0.2) is 5.43 Å².